The number of fused-ring (bicyclic) bond motifs is 1. The van der Waals surface area contributed by atoms with Gasteiger partial charge in [0, 0.05) is 24.4 Å². The van der Waals surface area contributed by atoms with Crippen molar-refractivity contribution in [3.63, 3.8) is 0 Å². The van der Waals surface area contributed by atoms with E-state index in [4.69, 9.17) is 4.74 Å². The second-order valence-corrected chi connectivity index (χ2v) is 7.84. The summed E-state index contributed by atoms with van der Waals surface area (Å²) < 4.78 is 5.40. The molecule has 0 aromatic carbocycles. The molecule has 0 atom stereocenters. The Kier molecular flexibility index (Phi) is 3.70. The molecule has 4 rings (SSSR count). The van der Waals surface area contributed by atoms with E-state index in [0.29, 0.717) is 50.5 Å². The van der Waals surface area contributed by atoms with Gasteiger partial charge in [-0.25, -0.2) is 4.98 Å². The van der Waals surface area contributed by atoms with E-state index in [1.807, 2.05) is 13.8 Å². The van der Waals surface area contributed by atoms with E-state index < -0.39 is 0 Å². The summed E-state index contributed by atoms with van der Waals surface area (Å²) in [5.41, 5.74) is 0.740. The van der Waals surface area contributed by atoms with Gasteiger partial charge in [-0.1, -0.05) is 0 Å². The van der Waals surface area contributed by atoms with Gasteiger partial charge in [0.2, 0.25) is 5.91 Å². The molecule has 2 aromatic heterocycles. The maximum Gasteiger partial charge on any atom is 0.259 e. The number of carbonyl (C=O) groups excluding carboxylic acids is 1. The monoisotopic (exact) mass is 348 g/mol. The Morgan fingerprint density at radius 2 is 2.12 bits per heavy atom. The molecule has 24 heavy (non-hydrogen) atoms. The molecule has 7 nitrogen and oxygen atoms in total. The van der Waals surface area contributed by atoms with Gasteiger partial charge in [-0.15, -0.1) is 11.3 Å². The number of thiophene rings is 1. The highest BCUT2D eigenvalue weighted by Crippen LogP contribution is 2.29. The maximum atomic E-state index is 12.4. The van der Waals surface area contributed by atoms with Crippen LogP contribution in [0.3, 0.4) is 0 Å². The molecule has 0 saturated carbocycles. The number of aromatic amines is 1. The van der Waals surface area contributed by atoms with Crippen molar-refractivity contribution in [1.82, 2.24) is 20.2 Å². The summed E-state index contributed by atoms with van der Waals surface area (Å²) >= 11 is 1.55. The van der Waals surface area contributed by atoms with Crippen LogP contribution in [0, 0.1) is 13.8 Å². The van der Waals surface area contributed by atoms with Gasteiger partial charge in [-0.3, -0.25) is 14.5 Å². The first-order chi connectivity index (χ1) is 11.5. The molecule has 4 heterocycles. The second kappa shape index (κ2) is 5.65. The lowest BCUT2D eigenvalue weighted by atomic mass is 9.95. The Bertz CT molecular complexity index is 868. The third kappa shape index (κ3) is 2.45. The third-order valence-corrected chi connectivity index (χ3v) is 6.17. The molecular weight excluding hydrogens is 328 g/mol. The van der Waals surface area contributed by atoms with Crippen LogP contribution in [0.2, 0.25) is 0 Å². The molecular formula is C16H20N4O3S. The molecule has 128 valence electrons. The van der Waals surface area contributed by atoms with E-state index in [0.717, 1.165) is 15.3 Å². The van der Waals surface area contributed by atoms with E-state index >= 15 is 0 Å². The number of aromatic nitrogens is 2. The summed E-state index contributed by atoms with van der Waals surface area (Å²) in [6, 6.07) is 0. The number of aryl methyl sites for hydroxylation is 2. The normalized spacial score (nSPS) is 20.8. The van der Waals surface area contributed by atoms with Crippen LogP contribution in [0.15, 0.2) is 4.79 Å². The topological polar surface area (TPSA) is 87.3 Å². The van der Waals surface area contributed by atoms with Crippen molar-refractivity contribution in [2.75, 3.05) is 26.3 Å². The summed E-state index contributed by atoms with van der Waals surface area (Å²) in [4.78, 5) is 35.9. The first-order valence-electron chi connectivity index (χ1n) is 8.07. The van der Waals surface area contributed by atoms with Gasteiger partial charge in [0.1, 0.15) is 10.7 Å². The van der Waals surface area contributed by atoms with Gasteiger partial charge in [0.05, 0.1) is 30.7 Å². The maximum absolute atomic E-state index is 12.4. The number of H-pyrrole nitrogens is 1. The van der Waals surface area contributed by atoms with Gasteiger partial charge < -0.3 is 15.0 Å². The first-order valence-corrected chi connectivity index (χ1v) is 8.88. The molecule has 0 bridgehead atoms. The van der Waals surface area contributed by atoms with Crippen molar-refractivity contribution in [2.45, 2.75) is 32.4 Å². The summed E-state index contributed by atoms with van der Waals surface area (Å²) in [6.45, 7) is 6.88. The number of nitrogens with one attached hydrogen (secondary N) is 2. The minimum absolute atomic E-state index is 0.0604. The van der Waals surface area contributed by atoms with Crippen LogP contribution in [0.25, 0.3) is 10.2 Å². The summed E-state index contributed by atoms with van der Waals surface area (Å²) in [5, 5.41) is 3.64. The van der Waals surface area contributed by atoms with Gasteiger partial charge in [0.25, 0.3) is 5.56 Å². The standard InChI is InChI=1S/C16H20N4O3S/c1-9-10(2)24-15-13(9)14(22)18-11(19-15)5-20-4-3-12(21)17-6-16(20)7-23-8-16/h3-8H2,1-2H3,(H,17,21)(H,18,19,22). The summed E-state index contributed by atoms with van der Waals surface area (Å²) in [5.74, 6) is 0.708. The van der Waals surface area contributed by atoms with E-state index in [1.54, 1.807) is 11.3 Å². The molecule has 2 aliphatic heterocycles. The van der Waals surface area contributed by atoms with Crippen LogP contribution in [0.5, 0.6) is 0 Å². The summed E-state index contributed by atoms with van der Waals surface area (Å²) in [7, 11) is 0. The fourth-order valence-corrected chi connectivity index (χ4v) is 4.41. The molecule has 0 unspecified atom stereocenters. The first kappa shape index (κ1) is 15.7. The quantitative estimate of drug-likeness (QED) is 0.834. The second-order valence-electron chi connectivity index (χ2n) is 6.64. The predicted molar refractivity (Wildman–Crippen MR) is 91.3 cm³/mol. The molecule has 1 amide bonds. The van der Waals surface area contributed by atoms with Crippen LogP contribution in [0.4, 0.5) is 0 Å². The Hall–Kier alpha value is -1.77. The zero-order chi connectivity index (χ0) is 16.9. The van der Waals surface area contributed by atoms with Crippen LogP contribution < -0.4 is 10.9 Å². The average Bonchev–Trinajstić information content (AvgIpc) is 2.67. The molecule has 2 aromatic rings. The van der Waals surface area contributed by atoms with E-state index in [1.165, 1.54) is 0 Å². The average molecular weight is 348 g/mol. The number of hydrogen-bond donors (Lipinski definition) is 2. The van der Waals surface area contributed by atoms with Gasteiger partial charge >= 0.3 is 0 Å². The molecule has 8 heteroatoms. The zero-order valence-electron chi connectivity index (χ0n) is 13.8. The van der Waals surface area contributed by atoms with Crippen LogP contribution in [-0.2, 0) is 16.1 Å². The third-order valence-electron chi connectivity index (χ3n) is 5.06. The number of ether oxygens (including phenoxy) is 1. The number of carbonyl (C=O) groups is 1. The Balaban J connectivity index is 1.67. The lowest BCUT2D eigenvalue weighted by Gasteiger charge is -2.48. The van der Waals surface area contributed by atoms with Crippen molar-refractivity contribution in [3.8, 4) is 0 Å². The van der Waals surface area contributed by atoms with E-state index in [9.17, 15) is 9.59 Å². The molecule has 2 N–H and O–H groups in total. The Labute approximate surface area is 143 Å². The molecule has 0 radical (unpaired) electrons. The van der Waals surface area contributed by atoms with Crippen molar-refractivity contribution < 1.29 is 9.53 Å². The van der Waals surface area contributed by atoms with E-state index in [-0.39, 0.29) is 17.0 Å². The molecule has 0 aliphatic carbocycles. The van der Waals surface area contributed by atoms with Crippen molar-refractivity contribution in [2.24, 2.45) is 0 Å². The smallest absolute Gasteiger partial charge is 0.259 e. The highest BCUT2D eigenvalue weighted by Gasteiger charge is 2.45. The zero-order valence-corrected chi connectivity index (χ0v) is 14.6. The fourth-order valence-electron chi connectivity index (χ4n) is 3.36. The number of hydrogen-bond acceptors (Lipinski definition) is 6. The lowest BCUT2D eigenvalue weighted by Crippen LogP contribution is -2.65. The molecule has 1 spiro atoms. The molecule has 2 fully saturated rings. The SMILES string of the molecule is Cc1sc2nc(CN3CCC(=O)NCC34COC4)[nH]c(=O)c2c1C. The van der Waals surface area contributed by atoms with Crippen LogP contribution >= 0.6 is 11.3 Å². The van der Waals surface area contributed by atoms with E-state index in [2.05, 4.69) is 20.2 Å². The number of rotatable bonds is 2. The largest absolute Gasteiger partial charge is 0.377 e. The summed E-state index contributed by atoms with van der Waals surface area (Å²) in [6.07, 6.45) is 0.450. The van der Waals surface area contributed by atoms with Gasteiger partial charge in [-0.05, 0) is 19.4 Å². The van der Waals surface area contributed by atoms with Crippen LogP contribution in [0.1, 0.15) is 22.7 Å². The lowest BCUT2D eigenvalue weighted by molar-refractivity contribution is -0.138. The Morgan fingerprint density at radius 1 is 1.33 bits per heavy atom. The Morgan fingerprint density at radius 3 is 2.83 bits per heavy atom. The number of amides is 1. The number of nitrogens with zero attached hydrogens (tertiary/aromatic N) is 2. The predicted octanol–water partition coefficient (Wildman–Crippen LogP) is 0.692. The minimum atomic E-state index is -0.180. The van der Waals surface area contributed by atoms with Crippen LogP contribution in [-0.4, -0.2) is 52.6 Å². The highest BCUT2D eigenvalue weighted by atomic mass is 32.1. The van der Waals surface area contributed by atoms with Crippen molar-refractivity contribution >= 4 is 27.5 Å². The minimum Gasteiger partial charge on any atom is -0.377 e. The molecule has 2 aliphatic rings. The molecule has 2 saturated heterocycles. The van der Waals surface area contributed by atoms with Crippen molar-refractivity contribution in [3.05, 3.63) is 26.6 Å². The highest BCUT2D eigenvalue weighted by molar-refractivity contribution is 7.18. The van der Waals surface area contributed by atoms with Crippen molar-refractivity contribution in [1.29, 1.82) is 0 Å². The van der Waals surface area contributed by atoms with Gasteiger partial charge in [0.15, 0.2) is 0 Å². The fraction of sp³-hybridized carbons (Fsp3) is 0.562. The van der Waals surface area contributed by atoms with Gasteiger partial charge in [-0.2, -0.15) is 0 Å².